The van der Waals surface area contributed by atoms with Gasteiger partial charge in [-0.25, -0.2) is 0 Å². The van der Waals surface area contributed by atoms with Crippen LogP contribution in [0.2, 0.25) is 0 Å². The molecule has 1 aromatic rings. The number of carbonyl (C=O) groups excluding carboxylic acids is 1. The van der Waals surface area contributed by atoms with Crippen molar-refractivity contribution in [1.82, 2.24) is 5.32 Å². The average Bonchev–Trinajstić information content (AvgIpc) is 3.00. The first-order valence-corrected chi connectivity index (χ1v) is 8.40. The van der Waals surface area contributed by atoms with Gasteiger partial charge in [-0.1, -0.05) is 25.3 Å². The van der Waals surface area contributed by atoms with E-state index in [4.69, 9.17) is 5.73 Å². The molecule has 0 radical (unpaired) electrons. The SMILES string of the molecule is NCC(NC(=O)c1ccc2c(c1)CCC2)C1CCCCC1. The lowest BCUT2D eigenvalue weighted by atomic mass is 9.84. The Morgan fingerprint density at radius 2 is 1.90 bits per heavy atom. The van der Waals surface area contributed by atoms with E-state index in [-0.39, 0.29) is 11.9 Å². The zero-order valence-electron chi connectivity index (χ0n) is 12.7. The number of fused-ring (bicyclic) bond motifs is 1. The summed E-state index contributed by atoms with van der Waals surface area (Å²) in [5.41, 5.74) is 9.46. The molecule has 1 fully saturated rings. The predicted octanol–water partition coefficient (Wildman–Crippen LogP) is 2.81. The Morgan fingerprint density at radius 3 is 2.67 bits per heavy atom. The van der Waals surface area contributed by atoms with Crippen molar-refractivity contribution in [3.63, 3.8) is 0 Å². The summed E-state index contributed by atoms with van der Waals surface area (Å²) in [5.74, 6) is 0.604. The molecule has 2 aliphatic carbocycles. The van der Waals surface area contributed by atoms with E-state index < -0.39 is 0 Å². The van der Waals surface area contributed by atoms with Crippen LogP contribution in [0.25, 0.3) is 0 Å². The van der Waals surface area contributed by atoms with Gasteiger partial charge in [0.1, 0.15) is 0 Å². The van der Waals surface area contributed by atoms with Crippen molar-refractivity contribution < 1.29 is 4.79 Å². The van der Waals surface area contributed by atoms with Gasteiger partial charge in [0.2, 0.25) is 0 Å². The molecule has 1 aromatic carbocycles. The number of rotatable bonds is 4. The van der Waals surface area contributed by atoms with Crippen molar-refractivity contribution in [1.29, 1.82) is 0 Å². The molecule has 3 rings (SSSR count). The number of benzene rings is 1. The molecule has 0 bridgehead atoms. The molecule has 0 heterocycles. The number of nitrogens with two attached hydrogens (primary N) is 1. The largest absolute Gasteiger partial charge is 0.348 e. The fourth-order valence-corrected chi connectivity index (χ4v) is 3.87. The van der Waals surface area contributed by atoms with Crippen molar-refractivity contribution in [2.75, 3.05) is 6.54 Å². The lowest BCUT2D eigenvalue weighted by molar-refractivity contribution is 0.0915. The third-order valence-electron chi connectivity index (χ3n) is 5.15. The second kappa shape index (κ2) is 6.61. The first-order chi connectivity index (χ1) is 10.3. The molecule has 0 aromatic heterocycles. The molecule has 1 atom stereocenters. The molecule has 3 heteroatoms. The van der Waals surface area contributed by atoms with E-state index in [1.54, 1.807) is 0 Å². The van der Waals surface area contributed by atoms with Crippen molar-refractivity contribution in [2.45, 2.75) is 57.4 Å². The Bertz CT molecular complexity index is 506. The second-order valence-corrected chi connectivity index (χ2v) is 6.55. The molecule has 114 valence electrons. The van der Waals surface area contributed by atoms with Crippen molar-refractivity contribution in [3.8, 4) is 0 Å². The molecular weight excluding hydrogens is 260 g/mol. The van der Waals surface area contributed by atoms with E-state index in [0.717, 1.165) is 18.4 Å². The van der Waals surface area contributed by atoms with E-state index in [1.165, 1.54) is 49.7 Å². The smallest absolute Gasteiger partial charge is 0.251 e. The Kier molecular flexibility index (Phi) is 4.59. The summed E-state index contributed by atoms with van der Waals surface area (Å²) in [6.45, 7) is 0.543. The summed E-state index contributed by atoms with van der Waals surface area (Å²) in [5, 5.41) is 3.18. The Hall–Kier alpha value is -1.35. The monoisotopic (exact) mass is 286 g/mol. The molecule has 2 aliphatic rings. The minimum absolute atomic E-state index is 0.0470. The van der Waals surface area contributed by atoms with Crippen molar-refractivity contribution >= 4 is 5.91 Å². The summed E-state index contributed by atoms with van der Waals surface area (Å²) >= 11 is 0. The lowest BCUT2D eigenvalue weighted by Gasteiger charge is -2.30. The van der Waals surface area contributed by atoms with Crippen LogP contribution in [-0.4, -0.2) is 18.5 Å². The van der Waals surface area contributed by atoms with Gasteiger partial charge < -0.3 is 11.1 Å². The fourth-order valence-electron chi connectivity index (χ4n) is 3.87. The van der Waals surface area contributed by atoms with E-state index in [9.17, 15) is 4.79 Å². The zero-order valence-corrected chi connectivity index (χ0v) is 12.7. The number of hydrogen-bond donors (Lipinski definition) is 2. The molecule has 0 saturated heterocycles. The van der Waals surface area contributed by atoms with Gasteiger partial charge in [-0.3, -0.25) is 4.79 Å². The van der Waals surface area contributed by atoms with Gasteiger partial charge in [-0.2, -0.15) is 0 Å². The van der Waals surface area contributed by atoms with Crippen molar-refractivity contribution in [2.24, 2.45) is 11.7 Å². The molecule has 0 aliphatic heterocycles. The first-order valence-electron chi connectivity index (χ1n) is 8.40. The molecule has 3 nitrogen and oxygen atoms in total. The van der Waals surface area contributed by atoms with Crippen LogP contribution in [-0.2, 0) is 12.8 Å². The van der Waals surface area contributed by atoms with Gasteiger partial charge in [0.05, 0.1) is 0 Å². The highest BCUT2D eigenvalue weighted by Crippen LogP contribution is 2.27. The first kappa shape index (κ1) is 14.6. The predicted molar refractivity (Wildman–Crippen MR) is 85.4 cm³/mol. The highest BCUT2D eigenvalue weighted by Gasteiger charge is 2.24. The molecule has 21 heavy (non-hydrogen) atoms. The van der Waals surface area contributed by atoms with Gasteiger partial charge in [0.15, 0.2) is 0 Å². The normalized spacial score (nSPS) is 20.0. The minimum Gasteiger partial charge on any atom is -0.348 e. The van der Waals surface area contributed by atoms with Crippen LogP contribution in [0.15, 0.2) is 18.2 Å². The van der Waals surface area contributed by atoms with E-state index in [1.807, 2.05) is 6.07 Å². The maximum Gasteiger partial charge on any atom is 0.251 e. The number of nitrogens with one attached hydrogen (secondary N) is 1. The molecule has 1 amide bonds. The van der Waals surface area contributed by atoms with E-state index in [0.29, 0.717) is 12.5 Å². The molecule has 0 spiro atoms. The minimum atomic E-state index is 0.0470. The van der Waals surface area contributed by atoms with Crippen LogP contribution in [0.3, 0.4) is 0 Å². The molecular formula is C18H26N2O. The summed E-state index contributed by atoms with van der Waals surface area (Å²) < 4.78 is 0. The second-order valence-electron chi connectivity index (χ2n) is 6.55. The van der Waals surface area contributed by atoms with E-state index >= 15 is 0 Å². The Labute approximate surface area is 127 Å². The van der Waals surface area contributed by atoms with Gasteiger partial charge in [0.25, 0.3) is 5.91 Å². The summed E-state index contributed by atoms with van der Waals surface area (Å²) in [4.78, 5) is 12.5. The summed E-state index contributed by atoms with van der Waals surface area (Å²) in [6.07, 6.45) is 9.76. The van der Waals surface area contributed by atoms with Crippen LogP contribution in [0.4, 0.5) is 0 Å². The zero-order chi connectivity index (χ0) is 14.7. The van der Waals surface area contributed by atoms with Crippen LogP contribution >= 0.6 is 0 Å². The van der Waals surface area contributed by atoms with E-state index in [2.05, 4.69) is 17.4 Å². The lowest BCUT2D eigenvalue weighted by Crippen LogP contribution is -2.45. The van der Waals surface area contributed by atoms with Crippen molar-refractivity contribution in [3.05, 3.63) is 34.9 Å². The average molecular weight is 286 g/mol. The van der Waals surface area contributed by atoms with Gasteiger partial charge >= 0.3 is 0 Å². The topological polar surface area (TPSA) is 55.1 Å². The maximum absolute atomic E-state index is 12.5. The molecule has 1 saturated carbocycles. The maximum atomic E-state index is 12.5. The fraction of sp³-hybridized carbons (Fsp3) is 0.611. The summed E-state index contributed by atoms with van der Waals surface area (Å²) in [6, 6.07) is 6.29. The van der Waals surface area contributed by atoms with Crippen LogP contribution in [0, 0.1) is 5.92 Å². The highest BCUT2D eigenvalue weighted by molar-refractivity contribution is 5.94. The Morgan fingerprint density at radius 1 is 1.14 bits per heavy atom. The van der Waals surface area contributed by atoms with Gasteiger partial charge in [-0.15, -0.1) is 0 Å². The van der Waals surface area contributed by atoms with Crippen LogP contribution < -0.4 is 11.1 Å². The number of amides is 1. The number of aryl methyl sites for hydroxylation is 2. The molecule has 3 N–H and O–H groups in total. The number of hydrogen-bond acceptors (Lipinski definition) is 2. The summed E-state index contributed by atoms with van der Waals surface area (Å²) in [7, 11) is 0. The van der Waals surface area contributed by atoms with Gasteiger partial charge in [-0.05, 0) is 61.3 Å². The highest BCUT2D eigenvalue weighted by atomic mass is 16.1. The Balaban J connectivity index is 1.66. The standard InChI is InChI=1S/C18H26N2O/c19-12-17(14-5-2-1-3-6-14)20-18(21)16-10-9-13-7-4-8-15(13)11-16/h9-11,14,17H,1-8,12,19H2,(H,20,21). The third-order valence-corrected chi connectivity index (χ3v) is 5.15. The number of carbonyl (C=O) groups is 1. The van der Waals surface area contributed by atoms with Crippen LogP contribution in [0.5, 0.6) is 0 Å². The van der Waals surface area contributed by atoms with Crippen LogP contribution in [0.1, 0.15) is 60.0 Å². The quantitative estimate of drug-likeness (QED) is 0.894. The molecule has 1 unspecified atom stereocenters. The third kappa shape index (κ3) is 3.29. The van der Waals surface area contributed by atoms with Gasteiger partial charge in [0, 0.05) is 18.2 Å².